The van der Waals surface area contributed by atoms with Crippen LogP contribution < -0.4 is 4.90 Å². The summed E-state index contributed by atoms with van der Waals surface area (Å²) < 4.78 is 6.28. The molecule has 0 fully saturated rings. The molecule has 1 heterocycles. The van der Waals surface area contributed by atoms with Crippen molar-refractivity contribution in [2.75, 3.05) is 11.4 Å². The van der Waals surface area contributed by atoms with E-state index in [4.69, 9.17) is 21.6 Å². The molecular formula is C21H17ClN2O3S. The van der Waals surface area contributed by atoms with E-state index in [0.29, 0.717) is 10.7 Å². The number of ether oxygens (including phenoxy) is 1. The molecule has 0 N–H and O–H groups in total. The topological polar surface area (TPSA) is 70.4 Å². The second-order valence-corrected chi connectivity index (χ2v) is 7.45. The van der Waals surface area contributed by atoms with E-state index in [-0.39, 0.29) is 17.8 Å². The van der Waals surface area contributed by atoms with Crippen LogP contribution in [0.2, 0.25) is 5.02 Å². The third-order valence-electron chi connectivity index (χ3n) is 4.13. The SMILES string of the molecule is CC(OC(=O)c1sc2ccccc2c1Cl)C(=O)N(CCC#N)c1ccccc1. The van der Waals surface area contributed by atoms with E-state index in [0.717, 1.165) is 10.1 Å². The summed E-state index contributed by atoms with van der Waals surface area (Å²) in [6.07, 6.45) is -0.851. The molecule has 1 atom stereocenters. The monoisotopic (exact) mass is 412 g/mol. The summed E-state index contributed by atoms with van der Waals surface area (Å²) in [6.45, 7) is 1.73. The van der Waals surface area contributed by atoms with Crippen LogP contribution in [0.3, 0.4) is 0 Å². The Balaban J connectivity index is 1.78. The number of nitriles is 1. The van der Waals surface area contributed by atoms with Gasteiger partial charge < -0.3 is 9.64 Å². The largest absolute Gasteiger partial charge is 0.448 e. The highest BCUT2D eigenvalue weighted by Crippen LogP contribution is 2.35. The number of anilines is 1. The zero-order chi connectivity index (χ0) is 20.1. The molecule has 0 saturated carbocycles. The summed E-state index contributed by atoms with van der Waals surface area (Å²) in [5.41, 5.74) is 0.644. The Morgan fingerprint density at radius 2 is 1.86 bits per heavy atom. The second-order valence-electron chi connectivity index (χ2n) is 6.02. The number of esters is 1. The van der Waals surface area contributed by atoms with Crippen LogP contribution in [0.1, 0.15) is 23.0 Å². The fourth-order valence-corrected chi connectivity index (χ4v) is 4.16. The fraction of sp³-hybridized carbons (Fsp3) is 0.190. The summed E-state index contributed by atoms with van der Waals surface area (Å²) in [4.78, 5) is 27.2. The molecular weight excluding hydrogens is 396 g/mol. The number of halogens is 1. The predicted octanol–water partition coefficient (Wildman–Crippen LogP) is 5.05. The maximum absolute atomic E-state index is 12.9. The van der Waals surface area contributed by atoms with Crippen LogP contribution in [-0.2, 0) is 9.53 Å². The number of rotatable bonds is 6. The minimum absolute atomic E-state index is 0.170. The van der Waals surface area contributed by atoms with Gasteiger partial charge in [0.25, 0.3) is 5.91 Å². The molecule has 0 aliphatic rings. The van der Waals surface area contributed by atoms with Crippen LogP contribution in [0.15, 0.2) is 54.6 Å². The van der Waals surface area contributed by atoms with Crippen molar-refractivity contribution in [3.05, 3.63) is 64.5 Å². The van der Waals surface area contributed by atoms with Crippen LogP contribution in [0.25, 0.3) is 10.1 Å². The highest BCUT2D eigenvalue weighted by Gasteiger charge is 2.27. The van der Waals surface area contributed by atoms with Gasteiger partial charge in [-0.05, 0) is 25.1 Å². The van der Waals surface area contributed by atoms with Gasteiger partial charge in [-0.25, -0.2) is 4.79 Å². The minimum Gasteiger partial charge on any atom is -0.448 e. The Morgan fingerprint density at radius 3 is 2.54 bits per heavy atom. The highest BCUT2D eigenvalue weighted by molar-refractivity contribution is 7.21. The number of para-hydroxylation sites is 1. The highest BCUT2D eigenvalue weighted by atomic mass is 35.5. The summed E-state index contributed by atoms with van der Waals surface area (Å²) in [7, 11) is 0. The van der Waals surface area contributed by atoms with Gasteiger partial charge in [-0.2, -0.15) is 5.26 Å². The molecule has 142 valence electrons. The number of hydrogen-bond donors (Lipinski definition) is 0. The minimum atomic E-state index is -1.02. The molecule has 0 radical (unpaired) electrons. The zero-order valence-corrected chi connectivity index (χ0v) is 16.7. The van der Waals surface area contributed by atoms with E-state index in [1.165, 1.54) is 23.2 Å². The number of carbonyl (C=O) groups is 2. The second kappa shape index (κ2) is 8.87. The van der Waals surface area contributed by atoms with Crippen LogP contribution in [0, 0.1) is 11.3 Å². The molecule has 0 aliphatic heterocycles. The van der Waals surface area contributed by atoms with Gasteiger partial charge in [-0.3, -0.25) is 4.79 Å². The van der Waals surface area contributed by atoms with Crippen molar-refractivity contribution in [2.24, 2.45) is 0 Å². The molecule has 5 nitrogen and oxygen atoms in total. The van der Waals surface area contributed by atoms with Gasteiger partial charge in [0.05, 0.1) is 17.5 Å². The number of benzene rings is 2. The smallest absolute Gasteiger partial charge is 0.350 e. The standard InChI is InChI=1S/C21H17ClN2O3S/c1-14(20(25)24(13-7-12-23)15-8-3-2-4-9-15)27-21(26)19-18(22)16-10-5-6-11-17(16)28-19/h2-6,8-11,14H,7,13H2,1H3. The first-order chi connectivity index (χ1) is 13.5. The Bertz CT molecular complexity index is 1040. The quantitative estimate of drug-likeness (QED) is 0.531. The third-order valence-corrected chi connectivity index (χ3v) is 5.79. The van der Waals surface area contributed by atoms with Gasteiger partial charge >= 0.3 is 5.97 Å². The molecule has 0 bridgehead atoms. The van der Waals surface area contributed by atoms with E-state index >= 15 is 0 Å². The Labute approximate surface area is 171 Å². The molecule has 0 aliphatic carbocycles. The Morgan fingerprint density at radius 1 is 1.18 bits per heavy atom. The van der Waals surface area contributed by atoms with Crippen molar-refractivity contribution < 1.29 is 14.3 Å². The molecule has 1 amide bonds. The van der Waals surface area contributed by atoms with E-state index in [2.05, 4.69) is 0 Å². The average Bonchev–Trinajstić information content (AvgIpc) is 3.06. The maximum Gasteiger partial charge on any atom is 0.350 e. The summed E-state index contributed by atoms with van der Waals surface area (Å²) in [5, 5.41) is 10.00. The molecule has 1 aromatic heterocycles. The van der Waals surface area contributed by atoms with Crippen molar-refractivity contribution in [2.45, 2.75) is 19.4 Å². The first-order valence-electron chi connectivity index (χ1n) is 8.64. The molecule has 7 heteroatoms. The number of amides is 1. The van der Waals surface area contributed by atoms with Crippen molar-refractivity contribution >= 4 is 50.6 Å². The zero-order valence-electron chi connectivity index (χ0n) is 15.1. The lowest BCUT2D eigenvalue weighted by atomic mass is 10.2. The van der Waals surface area contributed by atoms with Crippen LogP contribution in [-0.4, -0.2) is 24.5 Å². The number of fused-ring (bicyclic) bond motifs is 1. The summed E-state index contributed by atoms with van der Waals surface area (Å²) in [5.74, 6) is -1.03. The first kappa shape index (κ1) is 19.9. The van der Waals surface area contributed by atoms with Crippen molar-refractivity contribution in [1.29, 1.82) is 5.26 Å². The van der Waals surface area contributed by atoms with Gasteiger partial charge in [0.15, 0.2) is 6.10 Å². The van der Waals surface area contributed by atoms with Crippen molar-refractivity contribution in [3.8, 4) is 6.07 Å². The number of thiophene rings is 1. The predicted molar refractivity (Wildman–Crippen MR) is 111 cm³/mol. The molecule has 3 rings (SSSR count). The van der Waals surface area contributed by atoms with Gasteiger partial charge in [-0.15, -0.1) is 11.3 Å². The lowest BCUT2D eigenvalue weighted by Crippen LogP contribution is -2.40. The molecule has 28 heavy (non-hydrogen) atoms. The fourth-order valence-electron chi connectivity index (χ4n) is 2.77. The first-order valence-corrected chi connectivity index (χ1v) is 9.83. The molecule has 2 aromatic carbocycles. The van der Waals surface area contributed by atoms with E-state index in [1.54, 1.807) is 24.3 Å². The molecule has 3 aromatic rings. The Hall–Kier alpha value is -2.88. The van der Waals surface area contributed by atoms with E-state index in [9.17, 15) is 9.59 Å². The lowest BCUT2D eigenvalue weighted by molar-refractivity contribution is -0.126. The lowest BCUT2D eigenvalue weighted by Gasteiger charge is -2.25. The van der Waals surface area contributed by atoms with Crippen LogP contribution in [0.5, 0.6) is 0 Å². The maximum atomic E-state index is 12.9. The van der Waals surface area contributed by atoms with Gasteiger partial charge in [-0.1, -0.05) is 48.0 Å². The van der Waals surface area contributed by atoms with Gasteiger partial charge in [0.1, 0.15) is 4.88 Å². The van der Waals surface area contributed by atoms with E-state index in [1.807, 2.05) is 36.4 Å². The van der Waals surface area contributed by atoms with Crippen LogP contribution >= 0.6 is 22.9 Å². The molecule has 0 spiro atoms. The number of carbonyl (C=O) groups excluding carboxylic acids is 2. The third kappa shape index (κ3) is 4.16. The van der Waals surface area contributed by atoms with Gasteiger partial charge in [0, 0.05) is 22.3 Å². The number of hydrogen-bond acceptors (Lipinski definition) is 5. The molecule has 0 saturated heterocycles. The summed E-state index contributed by atoms with van der Waals surface area (Å²) >= 11 is 7.55. The molecule has 1 unspecified atom stereocenters. The average molecular weight is 413 g/mol. The Kier molecular flexibility index (Phi) is 6.30. The normalized spacial score (nSPS) is 11.6. The van der Waals surface area contributed by atoms with Crippen molar-refractivity contribution in [3.63, 3.8) is 0 Å². The van der Waals surface area contributed by atoms with E-state index < -0.39 is 18.0 Å². The number of nitrogens with zero attached hydrogens (tertiary/aromatic N) is 2. The van der Waals surface area contributed by atoms with Crippen molar-refractivity contribution in [1.82, 2.24) is 0 Å². The van der Waals surface area contributed by atoms with Crippen LogP contribution in [0.4, 0.5) is 5.69 Å². The van der Waals surface area contributed by atoms with Gasteiger partial charge in [0.2, 0.25) is 0 Å². The summed E-state index contributed by atoms with van der Waals surface area (Å²) in [6, 6.07) is 18.4.